The highest BCUT2D eigenvalue weighted by Crippen LogP contribution is 2.28. The molecule has 2 aromatic heterocycles. The molecule has 0 fully saturated rings. The summed E-state index contributed by atoms with van der Waals surface area (Å²) in [6.07, 6.45) is 0. The molecule has 0 radical (unpaired) electrons. The SMILES string of the molecule is CCn1c(SCc2nnc(-c3ccc(Cl)cc3)o2)nnc1-c1ccc(OC)cc1. The zero-order valence-corrected chi connectivity index (χ0v) is 17.4. The van der Waals surface area contributed by atoms with Crippen LogP contribution in [-0.4, -0.2) is 32.1 Å². The van der Waals surface area contributed by atoms with E-state index in [-0.39, 0.29) is 0 Å². The third-order valence-corrected chi connectivity index (χ3v) is 5.47. The highest BCUT2D eigenvalue weighted by molar-refractivity contribution is 7.98. The monoisotopic (exact) mass is 427 g/mol. The van der Waals surface area contributed by atoms with Crippen molar-refractivity contribution in [2.45, 2.75) is 24.4 Å². The van der Waals surface area contributed by atoms with E-state index in [1.165, 1.54) is 11.8 Å². The Labute approximate surface area is 177 Å². The van der Waals surface area contributed by atoms with Crippen molar-refractivity contribution in [2.75, 3.05) is 7.11 Å². The number of benzene rings is 2. The maximum atomic E-state index is 5.92. The van der Waals surface area contributed by atoms with Crippen LogP contribution in [0.25, 0.3) is 22.8 Å². The summed E-state index contributed by atoms with van der Waals surface area (Å²) in [6, 6.07) is 15.0. The molecule has 0 aliphatic carbocycles. The van der Waals surface area contributed by atoms with Gasteiger partial charge in [-0.2, -0.15) is 0 Å². The Hall–Kier alpha value is -2.84. The Morgan fingerprint density at radius 1 is 0.966 bits per heavy atom. The van der Waals surface area contributed by atoms with Crippen molar-refractivity contribution in [3.63, 3.8) is 0 Å². The average molecular weight is 428 g/mol. The van der Waals surface area contributed by atoms with Gasteiger partial charge in [0.25, 0.3) is 0 Å². The summed E-state index contributed by atoms with van der Waals surface area (Å²) in [5.41, 5.74) is 1.81. The fourth-order valence-electron chi connectivity index (χ4n) is 2.78. The number of rotatable bonds is 7. The Kier molecular flexibility index (Phi) is 5.82. The van der Waals surface area contributed by atoms with Crippen molar-refractivity contribution in [3.05, 3.63) is 59.4 Å². The smallest absolute Gasteiger partial charge is 0.247 e. The molecule has 4 rings (SSSR count). The highest BCUT2D eigenvalue weighted by Gasteiger charge is 2.15. The first-order valence-electron chi connectivity index (χ1n) is 8.96. The van der Waals surface area contributed by atoms with Gasteiger partial charge in [-0.15, -0.1) is 20.4 Å². The lowest BCUT2D eigenvalue weighted by molar-refractivity contribution is 0.415. The molecule has 9 heteroatoms. The van der Waals surface area contributed by atoms with Crippen LogP contribution in [0.2, 0.25) is 5.02 Å². The Morgan fingerprint density at radius 3 is 2.38 bits per heavy atom. The number of thioether (sulfide) groups is 1. The number of nitrogens with zero attached hydrogens (tertiary/aromatic N) is 5. The van der Waals surface area contributed by atoms with E-state index in [4.69, 9.17) is 20.8 Å². The maximum Gasteiger partial charge on any atom is 0.247 e. The number of hydrogen-bond donors (Lipinski definition) is 0. The highest BCUT2D eigenvalue weighted by atomic mass is 35.5. The minimum Gasteiger partial charge on any atom is -0.497 e. The molecule has 2 aromatic carbocycles. The van der Waals surface area contributed by atoms with Gasteiger partial charge in [-0.1, -0.05) is 23.4 Å². The van der Waals surface area contributed by atoms with Crippen molar-refractivity contribution in [3.8, 4) is 28.6 Å². The second-order valence-electron chi connectivity index (χ2n) is 6.08. The van der Waals surface area contributed by atoms with E-state index in [1.54, 1.807) is 19.2 Å². The molecular weight excluding hydrogens is 410 g/mol. The molecule has 0 atom stereocenters. The second kappa shape index (κ2) is 8.67. The summed E-state index contributed by atoms with van der Waals surface area (Å²) in [4.78, 5) is 0. The van der Waals surface area contributed by atoms with E-state index in [0.29, 0.717) is 22.6 Å². The summed E-state index contributed by atoms with van der Waals surface area (Å²) >= 11 is 7.43. The summed E-state index contributed by atoms with van der Waals surface area (Å²) in [7, 11) is 1.65. The summed E-state index contributed by atoms with van der Waals surface area (Å²) in [5, 5.41) is 18.4. The van der Waals surface area contributed by atoms with Crippen LogP contribution >= 0.6 is 23.4 Å². The van der Waals surface area contributed by atoms with Crippen molar-refractivity contribution in [1.29, 1.82) is 0 Å². The third-order valence-electron chi connectivity index (χ3n) is 4.26. The number of halogens is 1. The molecule has 29 heavy (non-hydrogen) atoms. The lowest BCUT2D eigenvalue weighted by Gasteiger charge is -2.07. The van der Waals surface area contributed by atoms with Gasteiger partial charge in [0, 0.05) is 22.7 Å². The van der Waals surface area contributed by atoms with Gasteiger partial charge in [0.2, 0.25) is 11.8 Å². The van der Waals surface area contributed by atoms with Crippen LogP contribution in [-0.2, 0) is 12.3 Å². The van der Waals surface area contributed by atoms with Crippen LogP contribution in [0.1, 0.15) is 12.8 Å². The normalized spacial score (nSPS) is 11.0. The molecule has 0 spiro atoms. The molecule has 2 heterocycles. The van der Waals surface area contributed by atoms with Gasteiger partial charge >= 0.3 is 0 Å². The van der Waals surface area contributed by atoms with Crippen molar-refractivity contribution in [2.24, 2.45) is 0 Å². The Balaban J connectivity index is 1.49. The van der Waals surface area contributed by atoms with Gasteiger partial charge in [-0.05, 0) is 55.5 Å². The fourth-order valence-corrected chi connectivity index (χ4v) is 3.75. The molecule has 4 aromatic rings. The van der Waals surface area contributed by atoms with Crippen molar-refractivity contribution in [1.82, 2.24) is 25.0 Å². The largest absolute Gasteiger partial charge is 0.497 e. The van der Waals surface area contributed by atoms with Crippen LogP contribution in [0.3, 0.4) is 0 Å². The van der Waals surface area contributed by atoms with E-state index in [2.05, 4.69) is 31.9 Å². The lowest BCUT2D eigenvalue weighted by Crippen LogP contribution is -2.00. The molecule has 0 saturated heterocycles. The molecule has 0 aliphatic heterocycles. The first-order valence-corrected chi connectivity index (χ1v) is 10.3. The average Bonchev–Trinajstić information content (AvgIpc) is 3.39. The molecule has 0 N–H and O–H groups in total. The van der Waals surface area contributed by atoms with Gasteiger partial charge in [0.05, 0.1) is 12.9 Å². The van der Waals surface area contributed by atoms with E-state index in [1.807, 2.05) is 36.4 Å². The predicted molar refractivity (Wildman–Crippen MR) is 112 cm³/mol. The fraction of sp³-hybridized carbons (Fsp3) is 0.200. The second-order valence-corrected chi connectivity index (χ2v) is 7.45. The first kappa shape index (κ1) is 19.5. The molecule has 148 valence electrons. The molecule has 0 aliphatic rings. The van der Waals surface area contributed by atoms with Gasteiger partial charge in [-0.3, -0.25) is 0 Å². The molecule has 7 nitrogen and oxygen atoms in total. The topological polar surface area (TPSA) is 78.9 Å². The van der Waals surface area contributed by atoms with Crippen LogP contribution in [0.5, 0.6) is 5.75 Å². The van der Waals surface area contributed by atoms with E-state index >= 15 is 0 Å². The molecule has 0 saturated carbocycles. The molecule has 0 bridgehead atoms. The quantitative estimate of drug-likeness (QED) is 0.385. The number of methoxy groups -OCH3 is 1. The zero-order chi connectivity index (χ0) is 20.2. The Morgan fingerprint density at radius 2 is 1.69 bits per heavy atom. The summed E-state index contributed by atoms with van der Waals surface area (Å²) in [5.74, 6) is 3.11. The first-order chi connectivity index (χ1) is 14.2. The minimum absolute atomic E-state index is 0.466. The number of aromatic nitrogens is 5. The van der Waals surface area contributed by atoms with E-state index in [9.17, 15) is 0 Å². The van der Waals surface area contributed by atoms with Crippen molar-refractivity contribution >= 4 is 23.4 Å². The maximum absolute atomic E-state index is 5.92. The van der Waals surface area contributed by atoms with Gasteiger partial charge in [-0.25, -0.2) is 0 Å². The van der Waals surface area contributed by atoms with Crippen LogP contribution in [0.4, 0.5) is 0 Å². The van der Waals surface area contributed by atoms with Crippen LogP contribution in [0, 0.1) is 0 Å². The van der Waals surface area contributed by atoms with Crippen LogP contribution < -0.4 is 4.74 Å². The van der Waals surface area contributed by atoms with Crippen molar-refractivity contribution < 1.29 is 9.15 Å². The number of hydrogen-bond acceptors (Lipinski definition) is 7. The van der Waals surface area contributed by atoms with E-state index in [0.717, 1.165) is 34.4 Å². The van der Waals surface area contributed by atoms with Gasteiger partial charge in [0.15, 0.2) is 11.0 Å². The van der Waals surface area contributed by atoms with Gasteiger partial charge < -0.3 is 13.7 Å². The van der Waals surface area contributed by atoms with E-state index < -0.39 is 0 Å². The standard InChI is InChI=1S/C20H18ClN5O2S/c1-3-26-18(13-6-10-16(27-2)11-7-13)23-25-20(26)29-12-17-22-24-19(28-17)14-4-8-15(21)9-5-14/h4-11H,3,12H2,1-2H3. The number of ether oxygens (including phenoxy) is 1. The predicted octanol–water partition coefficient (Wildman–Crippen LogP) is 4.97. The molecule has 0 amide bonds. The minimum atomic E-state index is 0.466. The summed E-state index contributed by atoms with van der Waals surface area (Å²) in [6.45, 7) is 2.81. The van der Waals surface area contributed by atoms with Crippen LogP contribution in [0.15, 0.2) is 58.1 Å². The Bertz CT molecular complexity index is 1090. The van der Waals surface area contributed by atoms with Gasteiger partial charge in [0.1, 0.15) is 5.75 Å². The molecular formula is C20H18ClN5O2S. The molecule has 0 unspecified atom stereocenters. The summed E-state index contributed by atoms with van der Waals surface area (Å²) < 4.78 is 13.0. The zero-order valence-electron chi connectivity index (χ0n) is 15.9. The lowest BCUT2D eigenvalue weighted by atomic mass is 10.2. The third kappa shape index (κ3) is 4.28.